The summed E-state index contributed by atoms with van der Waals surface area (Å²) in [5.74, 6) is 0.703. The van der Waals surface area contributed by atoms with Crippen molar-refractivity contribution in [2.45, 2.75) is 18.9 Å². The Morgan fingerprint density at radius 2 is 2.41 bits per heavy atom. The standard InChI is InChI=1S/C13H16N2O2/c1-16-12-6-2-4-10(8-14)13(12)15-11-5-3-7-17-9-11/h2,4,6,11,15H,3,5,7,9H2,1H3. The third kappa shape index (κ3) is 2.69. The van der Waals surface area contributed by atoms with Crippen molar-refractivity contribution >= 4 is 5.69 Å². The molecule has 0 bridgehead atoms. The van der Waals surface area contributed by atoms with Crippen molar-refractivity contribution in [1.82, 2.24) is 0 Å². The number of para-hydroxylation sites is 1. The average molecular weight is 232 g/mol. The number of ether oxygens (including phenoxy) is 2. The Morgan fingerprint density at radius 3 is 3.06 bits per heavy atom. The molecule has 2 rings (SSSR count). The van der Waals surface area contributed by atoms with E-state index in [2.05, 4.69) is 11.4 Å². The van der Waals surface area contributed by atoms with Gasteiger partial charge in [0.1, 0.15) is 11.8 Å². The summed E-state index contributed by atoms with van der Waals surface area (Å²) < 4.78 is 10.7. The second-order valence-electron chi connectivity index (χ2n) is 4.05. The van der Waals surface area contributed by atoms with Gasteiger partial charge >= 0.3 is 0 Å². The van der Waals surface area contributed by atoms with E-state index in [0.717, 1.165) is 25.1 Å². The summed E-state index contributed by atoms with van der Waals surface area (Å²) in [5.41, 5.74) is 1.38. The maximum Gasteiger partial charge on any atom is 0.143 e. The van der Waals surface area contributed by atoms with Gasteiger partial charge in [0, 0.05) is 12.6 Å². The Bertz CT molecular complexity index is 420. The predicted molar refractivity (Wildman–Crippen MR) is 65.2 cm³/mol. The summed E-state index contributed by atoms with van der Waals surface area (Å²) in [4.78, 5) is 0. The van der Waals surface area contributed by atoms with Crippen LogP contribution in [-0.2, 0) is 4.74 Å². The number of hydrogen-bond acceptors (Lipinski definition) is 4. The zero-order chi connectivity index (χ0) is 12.1. The van der Waals surface area contributed by atoms with Crippen LogP contribution in [-0.4, -0.2) is 26.4 Å². The zero-order valence-electron chi connectivity index (χ0n) is 9.90. The van der Waals surface area contributed by atoms with E-state index < -0.39 is 0 Å². The highest BCUT2D eigenvalue weighted by atomic mass is 16.5. The van der Waals surface area contributed by atoms with Crippen molar-refractivity contribution in [3.05, 3.63) is 23.8 Å². The Hall–Kier alpha value is -1.73. The molecule has 4 nitrogen and oxygen atoms in total. The van der Waals surface area contributed by atoms with Gasteiger partial charge in [-0.25, -0.2) is 0 Å². The Morgan fingerprint density at radius 1 is 1.53 bits per heavy atom. The number of nitriles is 1. The lowest BCUT2D eigenvalue weighted by Crippen LogP contribution is -2.30. The minimum atomic E-state index is 0.257. The molecule has 1 atom stereocenters. The molecule has 0 spiro atoms. The van der Waals surface area contributed by atoms with Crippen LogP contribution in [0, 0.1) is 11.3 Å². The third-order valence-electron chi connectivity index (χ3n) is 2.88. The first-order chi connectivity index (χ1) is 8.35. The first-order valence-corrected chi connectivity index (χ1v) is 5.76. The number of rotatable bonds is 3. The highest BCUT2D eigenvalue weighted by molar-refractivity contribution is 5.66. The predicted octanol–water partition coefficient (Wildman–Crippen LogP) is 2.16. The van der Waals surface area contributed by atoms with E-state index in [-0.39, 0.29) is 6.04 Å². The monoisotopic (exact) mass is 232 g/mol. The number of nitrogens with one attached hydrogen (secondary N) is 1. The van der Waals surface area contributed by atoms with E-state index >= 15 is 0 Å². The van der Waals surface area contributed by atoms with E-state index in [0.29, 0.717) is 17.9 Å². The molecule has 1 aromatic rings. The Kier molecular flexibility index (Phi) is 3.84. The largest absolute Gasteiger partial charge is 0.495 e. The lowest BCUT2D eigenvalue weighted by molar-refractivity contribution is 0.0875. The van der Waals surface area contributed by atoms with Crippen LogP contribution in [0.25, 0.3) is 0 Å². The highest BCUT2D eigenvalue weighted by Crippen LogP contribution is 2.29. The fraction of sp³-hybridized carbons (Fsp3) is 0.462. The molecule has 1 saturated heterocycles. The van der Waals surface area contributed by atoms with Crippen LogP contribution in [0.4, 0.5) is 5.69 Å². The van der Waals surface area contributed by atoms with Gasteiger partial charge in [-0.05, 0) is 25.0 Å². The quantitative estimate of drug-likeness (QED) is 0.867. The Balaban J connectivity index is 2.20. The van der Waals surface area contributed by atoms with E-state index in [4.69, 9.17) is 14.7 Å². The van der Waals surface area contributed by atoms with Crippen LogP contribution in [0.2, 0.25) is 0 Å². The van der Waals surface area contributed by atoms with E-state index in [1.807, 2.05) is 12.1 Å². The van der Waals surface area contributed by atoms with Gasteiger partial charge in [-0.3, -0.25) is 0 Å². The first-order valence-electron chi connectivity index (χ1n) is 5.76. The summed E-state index contributed by atoms with van der Waals surface area (Å²) in [5, 5.41) is 12.4. The molecular formula is C13H16N2O2. The van der Waals surface area contributed by atoms with Gasteiger partial charge in [0.15, 0.2) is 0 Å². The topological polar surface area (TPSA) is 54.3 Å². The lowest BCUT2D eigenvalue weighted by atomic mass is 10.1. The second-order valence-corrected chi connectivity index (χ2v) is 4.05. The van der Waals surface area contributed by atoms with Crippen molar-refractivity contribution in [3.63, 3.8) is 0 Å². The molecule has 0 saturated carbocycles. The van der Waals surface area contributed by atoms with Crippen molar-refractivity contribution in [2.24, 2.45) is 0 Å². The summed E-state index contributed by atoms with van der Waals surface area (Å²) >= 11 is 0. The molecule has 1 fully saturated rings. The fourth-order valence-corrected chi connectivity index (χ4v) is 2.00. The van der Waals surface area contributed by atoms with E-state index in [1.165, 1.54) is 0 Å². The minimum absolute atomic E-state index is 0.257. The van der Waals surface area contributed by atoms with Crippen molar-refractivity contribution in [3.8, 4) is 11.8 Å². The fourth-order valence-electron chi connectivity index (χ4n) is 2.00. The van der Waals surface area contributed by atoms with Gasteiger partial charge in [0.25, 0.3) is 0 Å². The maximum atomic E-state index is 9.09. The maximum absolute atomic E-state index is 9.09. The first kappa shape index (κ1) is 11.7. The van der Waals surface area contributed by atoms with Crippen LogP contribution in [0.1, 0.15) is 18.4 Å². The van der Waals surface area contributed by atoms with E-state index in [1.54, 1.807) is 13.2 Å². The summed E-state index contributed by atoms with van der Waals surface area (Å²) in [6.45, 7) is 1.51. The van der Waals surface area contributed by atoms with Crippen LogP contribution in [0.5, 0.6) is 5.75 Å². The van der Waals surface area contributed by atoms with Crippen LogP contribution in [0.3, 0.4) is 0 Å². The number of methoxy groups -OCH3 is 1. The third-order valence-corrected chi connectivity index (χ3v) is 2.88. The zero-order valence-corrected chi connectivity index (χ0v) is 9.90. The van der Waals surface area contributed by atoms with E-state index in [9.17, 15) is 0 Å². The number of anilines is 1. The summed E-state index contributed by atoms with van der Waals surface area (Å²) in [6.07, 6.45) is 2.11. The summed E-state index contributed by atoms with van der Waals surface area (Å²) in [7, 11) is 1.61. The normalized spacial score (nSPS) is 19.4. The van der Waals surface area contributed by atoms with Crippen LogP contribution < -0.4 is 10.1 Å². The molecule has 1 aliphatic rings. The van der Waals surface area contributed by atoms with Crippen LogP contribution >= 0.6 is 0 Å². The number of benzene rings is 1. The van der Waals surface area contributed by atoms with Gasteiger partial charge in [0.2, 0.25) is 0 Å². The Labute approximate surface area is 101 Å². The number of hydrogen-bond donors (Lipinski definition) is 1. The minimum Gasteiger partial charge on any atom is -0.495 e. The smallest absolute Gasteiger partial charge is 0.143 e. The lowest BCUT2D eigenvalue weighted by Gasteiger charge is -2.25. The molecule has 1 aliphatic heterocycles. The molecule has 1 aromatic carbocycles. The molecule has 90 valence electrons. The molecule has 0 amide bonds. The SMILES string of the molecule is COc1cccc(C#N)c1NC1CCCOC1. The van der Waals surface area contributed by atoms with Crippen molar-refractivity contribution in [1.29, 1.82) is 5.26 Å². The van der Waals surface area contributed by atoms with Gasteiger partial charge in [0.05, 0.1) is 25.0 Å². The van der Waals surface area contributed by atoms with Crippen LogP contribution in [0.15, 0.2) is 18.2 Å². The molecular weight excluding hydrogens is 216 g/mol. The number of nitrogens with zero attached hydrogens (tertiary/aromatic N) is 1. The van der Waals surface area contributed by atoms with Gasteiger partial charge < -0.3 is 14.8 Å². The molecule has 0 radical (unpaired) electrons. The molecule has 1 unspecified atom stereocenters. The van der Waals surface area contributed by atoms with Gasteiger partial charge in [-0.2, -0.15) is 5.26 Å². The second kappa shape index (κ2) is 5.55. The molecule has 0 aliphatic carbocycles. The summed E-state index contributed by atoms with van der Waals surface area (Å²) in [6, 6.07) is 7.89. The van der Waals surface area contributed by atoms with Gasteiger partial charge in [-0.15, -0.1) is 0 Å². The highest BCUT2D eigenvalue weighted by Gasteiger charge is 2.17. The molecule has 0 aromatic heterocycles. The molecule has 1 heterocycles. The van der Waals surface area contributed by atoms with Gasteiger partial charge in [-0.1, -0.05) is 6.07 Å². The molecule has 4 heteroatoms. The molecule has 17 heavy (non-hydrogen) atoms. The average Bonchev–Trinajstić information content (AvgIpc) is 2.40. The van der Waals surface area contributed by atoms with Crippen molar-refractivity contribution < 1.29 is 9.47 Å². The molecule has 1 N–H and O–H groups in total. The van der Waals surface area contributed by atoms with Crippen molar-refractivity contribution in [2.75, 3.05) is 25.6 Å².